The molecule has 1 amide bonds. The Morgan fingerprint density at radius 1 is 1.25 bits per heavy atom. The number of thiol groups is 1. The van der Waals surface area contributed by atoms with E-state index in [0.717, 1.165) is 12.1 Å². The van der Waals surface area contributed by atoms with Crippen molar-refractivity contribution in [3.8, 4) is 0 Å². The summed E-state index contributed by atoms with van der Waals surface area (Å²) in [7, 11) is 0. The SMILES string of the molecule is O=C(N[C@@H](CS)C(=O)O)C(c1ccccc1)C(F)(F)F. The predicted molar refractivity (Wildman–Crippen MR) is 68.7 cm³/mol. The van der Waals surface area contributed by atoms with Gasteiger partial charge in [0.25, 0.3) is 0 Å². The number of carboxylic acid groups (broad SMARTS) is 1. The number of amides is 1. The van der Waals surface area contributed by atoms with E-state index in [1.807, 2.05) is 5.32 Å². The maximum Gasteiger partial charge on any atom is 0.404 e. The van der Waals surface area contributed by atoms with Crippen molar-refractivity contribution in [2.75, 3.05) is 5.75 Å². The maximum atomic E-state index is 13.0. The number of hydrogen-bond acceptors (Lipinski definition) is 3. The summed E-state index contributed by atoms with van der Waals surface area (Å²) in [4.78, 5) is 22.5. The summed E-state index contributed by atoms with van der Waals surface area (Å²) in [5.41, 5.74) is -0.249. The first-order valence-corrected chi connectivity index (χ1v) is 6.16. The van der Waals surface area contributed by atoms with Crippen LogP contribution < -0.4 is 5.32 Å². The van der Waals surface area contributed by atoms with Crippen molar-refractivity contribution in [1.29, 1.82) is 0 Å². The normalized spacial score (nSPS) is 14.4. The molecule has 0 aliphatic heterocycles. The lowest BCUT2D eigenvalue weighted by atomic mass is 9.97. The van der Waals surface area contributed by atoms with E-state index in [2.05, 4.69) is 12.6 Å². The number of rotatable bonds is 5. The molecule has 0 radical (unpaired) electrons. The second-order valence-corrected chi connectivity index (χ2v) is 4.33. The van der Waals surface area contributed by atoms with Crippen LogP contribution in [0.4, 0.5) is 13.2 Å². The highest BCUT2D eigenvalue weighted by Crippen LogP contribution is 2.34. The minimum atomic E-state index is -4.81. The molecule has 0 fully saturated rings. The Morgan fingerprint density at radius 2 is 1.80 bits per heavy atom. The van der Waals surface area contributed by atoms with Crippen LogP contribution >= 0.6 is 12.6 Å². The summed E-state index contributed by atoms with van der Waals surface area (Å²) in [5, 5.41) is 10.6. The fourth-order valence-electron chi connectivity index (χ4n) is 1.58. The zero-order valence-electron chi connectivity index (χ0n) is 10.1. The summed E-state index contributed by atoms with van der Waals surface area (Å²) in [6, 6.07) is 5.10. The highest BCUT2D eigenvalue weighted by Gasteiger charge is 2.46. The number of aliphatic carboxylic acids is 1. The van der Waals surface area contributed by atoms with Crippen molar-refractivity contribution in [3.63, 3.8) is 0 Å². The summed E-state index contributed by atoms with van der Waals surface area (Å²) in [5.74, 6) is -5.57. The molecular weight excluding hydrogens is 295 g/mol. The third-order valence-electron chi connectivity index (χ3n) is 2.52. The van der Waals surface area contributed by atoms with E-state index < -0.39 is 30.0 Å². The molecule has 1 aromatic carbocycles. The first kappa shape index (κ1) is 16.4. The summed E-state index contributed by atoms with van der Waals surface area (Å²) in [6.45, 7) is 0. The largest absolute Gasteiger partial charge is 0.480 e. The van der Waals surface area contributed by atoms with Crippen LogP contribution in [-0.2, 0) is 9.59 Å². The number of hydrogen-bond donors (Lipinski definition) is 3. The van der Waals surface area contributed by atoms with Gasteiger partial charge >= 0.3 is 12.1 Å². The van der Waals surface area contributed by atoms with E-state index in [1.165, 1.54) is 18.2 Å². The molecule has 8 heteroatoms. The first-order valence-electron chi connectivity index (χ1n) is 5.53. The molecule has 110 valence electrons. The molecule has 1 rings (SSSR count). The molecule has 1 aromatic rings. The van der Waals surface area contributed by atoms with Gasteiger partial charge in [-0.05, 0) is 5.56 Å². The summed E-state index contributed by atoms with van der Waals surface area (Å²) >= 11 is 3.68. The van der Waals surface area contributed by atoms with Gasteiger partial charge in [-0.2, -0.15) is 25.8 Å². The Hall–Kier alpha value is -1.70. The Bertz CT molecular complexity index is 479. The Kier molecular flexibility index (Phi) is 5.43. The third-order valence-corrected chi connectivity index (χ3v) is 2.88. The van der Waals surface area contributed by atoms with Crippen molar-refractivity contribution in [1.82, 2.24) is 5.32 Å². The topological polar surface area (TPSA) is 66.4 Å². The van der Waals surface area contributed by atoms with Gasteiger partial charge in [-0.15, -0.1) is 0 Å². The third kappa shape index (κ3) is 4.16. The number of carbonyl (C=O) groups is 2. The van der Waals surface area contributed by atoms with E-state index in [4.69, 9.17) is 5.11 Å². The van der Waals surface area contributed by atoms with Crippen molar-refractivity contribution >= 4 is 24.5 Å². The van der Waals surface area contributed by atoms with Gasteiger partial charge in [0.1, 0.15) is 6.04 Å². The lowest BCUT2D eigenvalue weighted by molar-refractivity contribution is -0.166. The Balaban J connectivity index is 3.02. The van der Waals surface area contributed by atoms with Gasteiger partial charge in [0.05, 0.1) is 0 Å². The van der Waals surface area contributed by atoms with Crippen LogP contribution in [0, 0.1) is 0 Å². The Labute approximate surface area is 118 Å². The highest BCUT2D eigenvalue weighted by molar-refractivity contribution is 7.80. The van der Waals surface area contributed by atoms with Gasteiger partial charge in [0.2, 0.25) is 5.91 Å². The van der Waals surface area contributed by atoms with Crippen LogP contribution in [-0.4, -0.2) is 35.0 Å². The van der Waals surface area contributed by atoms with Crippen molar-refractivity contribution in [2.45, 2.75) is 18.1 Å². The molecular formula is C12H12F3NO3S. The number of carbonyl (C=O) groups excluding carboxylic acids is 1. The van der Waals surface area contributed by atoms with Crippen LogP contribution in [0.2, 0.25) is 0 Å². The molecule has 0 saturated heterocycles. The molecule has 0 aliphatic carbocycles. The van der Waals surface area contributed by atoms with Crippen molar-refractivity contribution < 1.29 is 27.9 Å². The zero-order chi connectivity index (χ0) is 15.3. The van der Waals surface area contributed by atoms with Crippen molar-refractivity contribution in [2.24, 2.45) is 0 Å². The van der Waals surface area contributed by atoms with Crippen LogP contribution in [0.25, 0.3) is 0 Å². The molecule has 0 saturated carbocycles. The number of nitrogens with one attached hydrogen (secondary N) is 1. The molecule has 1 unspecified atom stereocenters. The molecule has 0 aromatic heterocycles. The fraction of sp³-hybridized carbons (Fsp3) is 0.333. The molecule has 2 N–H and O–H groups in total. The van der Waals surface area contributed by atoms with Gasteiger partial charge < -0.3 is 10.4 Å². The van der Waals surface area contributed by atoms with Gasteiger partial charge in [-0.25, -0.2) is 4.79 Å². The second kappa shape index (κ2) is 6.65. The molecule has 0 spiro atoms. The van der Waals surface area contributed by atoms with Gasteiger partial charge in [0, 0.05) is 5.75 Å². The number of benzene rings is 1. The van der Waals surface area contributed by atoms with Crippen molar-refractivity contribution in [3.05, 3.63) is 35.9 Å². The van der Waals surface area contributed by atoms with Crippen LogP contribution in [0.5, 0.6) is 0 Å². The quantitative estimate of drug-likeness (QED) is 0.727. The molecule has 0 bridgehead atoms. The average molecular weight is 307 g/mol. The fourth-order valence-corrected chi connectivity index (χ4v) is 1.82. The molecule has 4 nitrogen and oxygen atoms in total. The van der Waals surface area contributed by atoms with Crippen LogP contribution in [0.15, 0.2) is 30.3 Å². The number of halogens is 3. The number of carboxylic acids is 1. The lowest BCUT2D eigenvalue weighted by Crippen LogP contribution is -2.47. The lowest BCUT2D eigenvalue weighted by Gasteiger charge is -2.22. The number of alkyl halides is 3. The van der Waals surface area contributed by atoms with Crippen LogP contribution in [0.3, 0.4) is 0 Å². The minimum Gasteiger partial charge on any atom is -0.480 e. The molecule has 2 atom stereocenters. The molecule has 20 heavy (non-hydrogen) atoms. The molecule has 0 aliphatic rings. The summed E-state index contributed by atoms with van der Waals surface area (Å²) < 4.78 is 39.0. The highest BCUT2D eigenvalue weighted by atomic mass is 32.1. The van der Waals surface area contributed by atoms with E-state index in [1.54, 1.807) is 0 Å². The second-order valence-electron chi connectivity index (χ2n) is 3.97. The standard InChI is InChI=1S/C12H12F3NO3S/c13-12(14,15)9(7-4-2-1-3-5-7)10(17)16-8(6-20)11(18)19/h1-5,8-9,20H,6H2,(H,16,17)(H,18,19)/t8-,9?/m0/s1. The van der Waals surface area contributed by atoms with Crippen LogP contribution in [0.1, 0.15) is 11.5 Å². The monoisotopic (exact) mass is 307 g/mol. The zero-order valence-corrected chi connectivity index (χ0v) is 11.0. The maximum absolute atomic E-state index is 13.0. The predicted octanol–water partition coefficient (Wildman–Crippen LogP) is 1.83. The first-order chi connectivity index (χ1) is 9.27. The smallest absolute Gasteiger partial charge is 0.404 e. The average Bonchev–Trinajstić information content (AvgIpc) is 2.35. The van der Waals surface area contributed by atoms with E-state index in [0.29, 0.717) is 0 Å². The summed E-state index contributed by atoms with van der Waals surface area (Å²) in [6.07, 6.45) is -4.81. The Morgan fingerprint density at radius 3 is 2.20 bits per heavy atom. The minimum absolute atomic E-state index is 0.249. The van der Waals surface area contributed by atoms with Gasteiger partial charge in [-0.1, -0.05) is 30.3 Å². The van der Waals surface area contributed by atoms with Gasteiger partial charge in [0.15, 0.2) is 5.92 Å². The molecule has 0 heterocycles. The van der Waals surface area contributed by atoms with E-state index in [9.17, 15) is 22.8 Å². The van der Waals surface area contributed by atoms with Gasteiger partial charge in [-0.3, -0.25) is 4.79 Å². The van der Waals surface area contributed by atoms with E-state index >= 15 is 0 Å². The van der Waals surface area contributed by atoms with E-state index in [-0.39, 0.29) is 11.3 Å².